The number of carboxylic acids is 1. The number of carbonyl (C=O) groups excluding carboxylic acids is 1. The molecule has 4 N–H and O–H groups in total. The predicted octanol–water partition coefficient (Wildman–Crippen LogP) is 0.0340. The van der Waals surface area contributed by atoms with Crippen LogP contribution in [0.4, 0.5) is 4.79 Å². The van der Waals surface area contributed by atoms with Crippen LogP contribution in [0.2, 0.25) is 0 Å². The topological polar surface area (TPSA) is 133 Å². The van der Waals surface area contributed by atoms with Crippen molar-refractivity contribution < 1.29 is 14.7 Å². The maximum atomic E-state index is 11.3. The Labute approximate surface area is 110 Å². The first-order valence-corrected chi connectivity index (χ1v) is 6.14. The van der Waals surface area contributed by atoms with Gasteiger partial charge in [-0.15, -0.1) is 10.2 Å². The molecular weight excluding hydrogens is 252 g/mol. The highest BCUT2D eigenvalue weighted by molar-refractivity contribution is 5.73. The number of rotatable bonds is 9. The maximum Gasteiger partial charge on any atom is 0.315 e. The molecule has 0 aliphatic carbocycles. The lowest BCUT2D eigenvalue weighted by Gasteiger charge is -2.05. The second kappa shape index (κ2) is 8.84. The lowest BCUT2D eigenvalue weighted by atomic mass is 10.1. The number of aliphatic carboxylic acids is 1. The van der Waals surface area contributed by atoms with E-state index in [2.05, 4.69) is 31.3 Å². The van der Waals surface area contributed by atoms with Crippen LogP contribution in [-0.4, -0.2) is 44.3 Å². The Morgan fingerprint density at radius 3 is 2.63 bits per heavy atom. The van der Waals surface area contributed by atoms with Gasteiger partial charge in [0, 0.05) is 13.0 Å². The van der Waals surface area contributed by atoms with Crippen molar-refractivity contribution in [3.63, 3.8) is 0 Å². The molecule has 0 unspecified atom stereocenters. The average Bonchev–Trinajstić information content (AvgIpc) is 2.88. The molecule has 0 atom stereocenters. The normalized spacial score (nSPS) is 10.1. The second-order valence-corrected chi connectivity index (χ2v) is 4.00. The Morgan fingerprint density at radius 1 is 1.16 bits per heavy atom. The van der Waals surface area contributed by atoms with Crippen LogP contribution in [0.1, 0.15) is 37.9 Å². The zero-order chi connectivity index (χ0) is 13.9. The van der Waals surface area contributed by atoms with Gasteiger partial charge in [-0.05, 0) is 12.8 Å². The fourth-order valence-corrected chi connectivity index (χ4v) is 1.44. The van der Waals surface area contributed by atoms with Gasteiger partial charge in [0.1, 0.15) is 0 Å². The summed E-state index contributed by atoms with van der Waals surface area (Å²) in [7, 11) is 0. The summed E-state index contributed by atoms with van der Waals surface area (Å²) in [5, 5.41) is 26.8. The minimum absolute atomic E-state index is 0.207. The molecule has 0 aromatic carbocycles. The molecule has 0 fully saturated rings. The van der Waals surface area contributed by atoms with Crippen molar-refractivity contribution in [2.75, 3.05) is 6.54 Å². The number of aromatic nitrogens is 4. The molecule has 1 heterocycles. The summed E-state index contributed by atoms with van der Waals surface area (Å²) in [6.45, 7) is 0.784. The third kappa shape index (κ3) is 7.68. The smallest absolute Gasteiger partial charge is 0.315 e. The van der Waals surface area contributed by atoms with E-state index in [0.717, 1.165) is 19.3 Å². The molecule has 1 rings (SSSR count). The van der Waals surface area contributed by atoms with Gasteiger partial charge in [-0.1, -0.05) is 18.1 Å². The number of aromatic amines is 1. The minimum Gasteiger partial charge on any atom is -0.481 e. The number of hydrogen-bond donors (Lipinski definition) is 4. The Kier molecular flexibility index (Phi) is 6.92. The summed E-state index contributed by atoms with van der Waals surface area (Å²) in [5.74, 6) is -0.345. The maximum absolute atomic E-state index is 11.3. The summed E-state index contributed by atoms with van der Waals surface area (Å²) in [6, 6.07) is -0.282. The Hall–Kier alpha value is -2.19. The van der Waals surface area contributed by atoms with Crippen molar-refractivity contribution in [2.24, 2.45) is 0 Å². The van der Waals surface area contributed by atoms with Gasteiger partial charge >= 0.3 is 12.0 Å². The Balaban J connectivity index is 1.91. The summed E-state index contributed by atoms with van der Waals surface area (Å²) < 4.78 is 0. The minimum atomic E-state index is -0.765. The second-order valence-electron chi connectivity index (χ2n) is 4.00. The number of hydrogen-bond acceptors (Lipinski definition) is 5. The number of urea groups is 1. The van der Waals surface area contributed by atoms with Crippen LogP contribution in [0, 0.1) is 0 Å². The third-order valence-electron chi connectivity index (χ3n) is 2.40. The van der Waals surface area contributed by atoms with Gasteiger partial charge in [0.05, 0.1) is 6.54 Å². The summed E-state index contributed by atoms with van der Waals surface area (Å²) in [4.78, 5) is 21.6. The van der Waals surface area contributed by atoms with E-state index >= 15 is 0 Å². The van der Waals surface area contributed by atoms with Crippen LogP contribution in [0.15, 0.2) is 0 Å². The number of unbranched alkanes of at least 4 members (excludes halogenated alkanes) is 3. The van der Waals surface area contributed by atoms with Crippen molar-refractivity contribution in [1.82, 2.24) is 31.3 Å². The predicted molar refractivity (Wildman–Crippen MR) is 65.1 cm³/mol. The van der Waals surface area contributed by atoms with Crippen LogP contribution in [0.25, 0.3) is 0 Å². The first kappa shape index (κ1) is 14.9. The Bertz CT molecular complexity index is 381. The summed E-state index contributed by atoms with van der Waals surface area (Å²) in [6.07, 6.45) is 3.48. The van der Waals surface area contributed by atoms with Gasteiger partial charge in [0.25, 0.3) is 0 Å². The first-order chi connectivity index (χ1) is 9.18. The van der Waals surface area contributed by atoms with Crippen LogP contribution in [0.3, 0.4) is 0 Å². The largest absolute Gasteiger partial charge is 0.481 e. The van der Waals surface area contributed by atoms with E-state index in [1.165, 1.54) is 0 Å². The SMILES string of the molecule is O=C(O)CCCCCCNC(=O)NCc1nn[nH]n1. The van der Waals surface area contributed by atoms with Gasteiger partial charge in [0.2, 0.25) is 0 Å². The molecule has 0 saturated heterocycles. The number of H-pyrrole nitrogens is 1. The highest BCUT2D eigenvalue weighted by Crippen LogP contribution is 2.01. The highest BCUT2D eigenvalue weighted by atomic mass is 16.4. The van der Waals surface area contributed by atoms with E-state index < -0.39 is 5.97 Å². The van der Waals surface area contributed by atoms with E-state index in [1.807, 2.05) is 0 Å². The molecule has 106 valence electrons. The van der Waals surface area contributed by atoms with Crippen molar-refractivity contribution in [2.45, 2.75) is 38.6 Å². The van der Waals surface area contributed by atoms with Crippen molar-refractivity contribution in [3.8, 4) is 0 Å². The molecule has 2 amide bonds. The van der Waals surface area contributed by atoms with Gasteiger partial charge < -0.3 is 15.7 Å². The number of nitrogens with one attached hydrogen (secondary N) is 3. The zero-order valence-electron chi connectivity index (χ0n) is 10.6. The average molecular weight is 270 g/mol. The molecular formula is C10H18N6O3. The lowest BCUT2D eigenvalue weighted by molar-refractivity contribution is -0.137. The van der Waals surface area contributed by atoms with E-state index in [1.54, 1.807) is 0 Å². The highest BCUT2D eigenvalue weighted by Gasteiger charge is 2.02. The molecule has 0 spiro atoms. The number of amides is 2. The molecule has 9 nitrogen and oxygen atoms in total. The van der Waals surface area contributed by atoms with Gasteiger partial charge in [0.15, 0.2) is 5.82 Å². The molecule has 9 heteroatoms. The van der Waals surface area contributed by atoms with Crippen molar-refractivity contribution >= 4 is 12.0 Å². The molecule has 1 aromatic rings. The van der Waals surface area contributed by atoms with Crippen molar-refractivity contribution in [3.05, 3.63) is 5.82 Å². The van der Waals surface area contributed by atoms with Gasteiger partial charge in [-0.3, -0.25) is 4.79 Å². The Morgan fingerprint density at radius 2 is 1.95 bits per heavy atom. The molecule has 19 heavy (non-hydrogen) atoms. The molecule has 0 aliphatic rings. The van der Waals surface area contributed by atoms with Crippen LogP contribution >= 0.6 is 0 Å². The number of carbonyl (C=O) groups is 2. The van der Waals surface area contributed by atoms with Crippen molar-refractivity contribution in [1.29, 1.82) is 0 Å². The van der Waals surface area contributed by atoms with Gasteiger partial charge in [-0.25, -0.2) is 4.79 Å². The molecule has 0 radical (unpaired) electrons. The zero-order valence-corrected chi connectivity index (χ0v) is 10.6. The first-order valence-electron chi connectivity index (χ1n) is 6.14. The molecule has 1 aromatic heterocycles. The number of tetrazole rings is 1. The van der Waals surface area contributed by atoms with Crippen LogP contribution in [0.5, 0.6) is 0 Å². The third-order valence-corrected chi connectivity index (χ3v) is 2.40. The molecule has 0 saturated carbocycles. The van der Waals surface area contributed by atoms with Crippen LogP contribution in [-0.2, 0) is 11.3 Å². The standard InChI is InChI=1S/C10H18N6O3/c17-9(18)5-3-1-2-4-6-11-10(19)12-7-8-13-15-16-14-8/h1-7H2,(H,17,18)(H2,11,12,19)(H,13,14,15,16). The monoisotopic (exact) mass is 270 g/mol. The fourth-order valence-electron chi connectivity index (χ4n) is 1.44. The quantitative estimate of drug-likeness (QED) is 0.468. The number of carboxylic acid groups (broad SMARTS) is 1. The van der Waals surface area contributed by atoms with E-state index in [9.17, 15) is 9.59 Å². The van der Waals surface area contributed by atoms with E-state index in [0.29, 0.717) is 18.8 Å². The van der Waals surface area contributed by atoms with Crippen LogP contribution < -0.4 is 10.6 Å². The summed E-state index contributed by atoms with van der Waals surface area (Å²) in [5.41, 5.74) is 0. The lowest BCUT2D eigenvalue weighted by Crippen LogP contribution is -2.35. The molecule has 0 bridgehead atoms. The number of nitrogens with zero attached hydrogens (tertiary/aromatic N) is 3. The summed E-state index contributed by atoms with van der Waals surface area (Å²) >= 11 is 0. The fraction of sp³-hybridized carbons (Fsp3) is 0.700. The van der Waals surface area contributed by atoms with E-state index in [-0.39, 0.29) is 19.0 Å². The van der Waals surface area contributed by atoms with E-state index in [4.69, 9.17) is 5.11 Å². The molecule has 0 aliphatic heterocycles. The van der Waals surface area contributed by atoms with Gasteiger partial charge in [-0.2, -0.15) is 5.21 Å².